The maximum absolute atomic E-state index is 13.8. The van der Waals surface area contributed by atoms with Gasteiger partial charge in [-0.2, -0.15) is 0 Å². The van der Waals surface area contributed by atoms with Gasteiger partial charge in [-0.15, -0.1) is 0 Å². The van der Waals surface area contributed by atoms with Crippen molar-refractivity contribution in [3.63, 3.8) is 0 Å². The molecule has 12 nitrogen and oxygen atoms in total. The summed E-state index contributed by atoms with van der Waals surface area (Å²) in [7, 11) is -1.32. The van der Waals surface area contributed by atoms with Crippen LogP contribution in [0.25, 0.3) is 0 Å². The second-order valence-electron chi connectivity index (χ2n) is 8.82. The van der Waals surface area contributed by atoms with E-state index in [1.54, 1.807) is 31.2 Å². The molecule has 2 rings (SSSR count). The van der Waals surface area contributed by atoms with Crippen LogP contribution in [0.5, 0.6) is 11.5 Å². The van der Waals surface area contributed by atoms with Gasteiger partial charge < -0.3 is 19.7 Å². The summed E-state index contributed by atoms with van der Waals surface area (Å²) in [6, 6.07) is 9.55. The predicted molar refractivity (Wildman–Crippen MR) is 147 cm³/mol. The molecule has 0 unspecified atom stereocenters. The summed E-state index contributed by atoms with van der Waals surface area (Å²) in [6.45, 7) is 3.48. The van der Waals surface area contributed by atoms with Gasteiger partial charge in [0.2, 0.25) is 21.8 Å². The van der Waals surface area contributed by atoms with Gasteiger partial charge in [-0.1, -0.05) is 32.4 Å². The molecule has 2 aromatic rings. The van der Waals surface area contributed by atoms with Crippen molar-refractivity contribution in [1.29, 1.82) is 0 Å². The third-order valence-corrected chi connectivity index (χ3v) is 7.15. The van der Waals surface area contributed by atoms with Crippen LogP contribution in [0, 0.1) is 10.1 Å². The van der Waals surface area contributed by atoms with Crippen molar-refractivity contribution in [2.24, 2.45) is 0 Å². The molecule has 0 radical (unpaired) electrons. The van der Waals surface area contributed by atoms with E-state index in [1.165, 1.54) is 31.3 Å². The van der Waals surface area contributed by atoms with Crippen LogP contribution in [-0.4, -0.2) is 69.7 Å². The quantitative estimate of drug-likeness (QED) is 0.197. The van der Waals surface area contributed by atoms with E-state index in [4.69, 9.17) is 9.47 Å². The molecule has 0 aromatic heterocycles. The molecule has 0 saturated carbocycles. The highest BCUT2D eigenvalue weighted by molar-refractivity contribution is 7.92. The third kappa shape index (κ3) is 8.57. The molecular formula is C26H36N4O8S. The summed E-state index contributed by atoms with van der Waals surface area (Å²) in [5.74, 6) is -0.447. The Labute approximate surface area is 229 Å². The van der Waals surface area contributed by atoms with Crippen molar-refractivity contribution < 1.29 is 32.4 Å². The molecule has 0 bridgehead atoms. The Hall–Kier alpha value is -3.87. The van der Waals surface area contributed by atoms with Gasteiger partial charge in [-0.25, -0.2) is 8.42 Å². The standard InChI is InChI=1S/C26H36N4O8S/c1-6-8-14-27-26(32)22(7-2)28(17-19-10-9-11-21(15-19)37-3)25(31)18-29(39(5,35)36)23-16-20(30(33)34)12-13-24(23)38-4/h9-13,15-16,22H,6-8,14,17-18H2,1-5H3,(H,27,32)/t22-/m1/s1. The lowest BCUT2D eigenvalue weighted by atomic mass is 10.1. The Morgan fingerprint density at radius 3 is 2.38 bits per heavy atom. The van der Waals surface area contributed by atoms with Crippen molar-refractivity contribution in [2.75, 3.05) is 37.9 Å². The van der Waals surface area contributed by atoms with Gasteiger partial charge >= 0.3 is 0 Å². The van der Waals surface area contributed by atoms with Gasteiger partial charge in [-0.05, 0) is 36.6 Å². The number of hydrogen-bond donors (Lipinski definition) is 1. The minimum Gasteiger partial charge on any atom is -0.497 e. The van der Waals surface area contributed by atoms with Gasteiger partial charge in [0.1, 0.15) is 29.8 Å². The van der Waals surface area contributed by atoms with Crippen LogP contribution < -0.4 is 19.1 Å². The van der Waals surface area contributed by atoms with Crippen molar-refractivity contribution in [3.05, 3.63) is 58.1 Å². The molecule has 0 aliphatic carbocycles. The zero-order valence-electron chi connectivity index (χ0n) is 22.9. The average Bonchev–Trinajstić information content (AvgIpc) is 2.90. The van der Waals surface area contributed by atoms with Crippen LogP contribution in [0.15, 0.2) is 42.5 Å². The Morgan fingerprint density at radius 1 is 1.10 bits per heavy atom. The first-order chi connectivity index (χ1) is 18.5. The topological polar surface area (TPSA) is 148 Å². The fourth-order valence-corrected chi connectivity index (χ4v) is 4.82. The van der Waals surface area contributed by atoms with Crippen LogP contribution in [0.4, 0.5) is 11.4 Å². The molecule has 1 N–H and O–H groups in total. The minimum atomic E-state index is -4.11. The lowest BCUT2D eigenvalue weighted by Gasteiger charge is -2.33. The van der Waals surface area contributed by atoms with E-state index in [1.807, 2.05) is 6.92 Å². The fourth-order valence-electron chi connectivity index (χ4n) is 3.97. The van der Waals surface area contributed by atoms with Crippen molar-refractivity contribution >= 4 is 33.2 Å². The van der Waals surface area contributed by atoms with Crippen LogP contribution in [0.3, 0.4) is 0 Å². The molecule has 1 atom stereocenters. The van der Waals surface area contributed by atoms with Gasteiger partial charge in [0.05, 0.1) is 25.4 Å². The van der Waals surface area contributed by atoms with E-state index < -0.39 is 33.4 Å². The maximum atomic E-state index is 13.8. The largest absolute Gasteiger partial charge is 0.497 e. The number of nitro benzene ring substituents is 1. The van der Waals surface area contributed by atoms with Gasteiger partial charge in [0.25, 0.3) is 5.69 Å². The summed E-state index contributed by atoms with van der Waals surface area (Å²) >= 11 is 0. The van der Waals surface area contributed by atoms with E-state index in [0.717, 1.165) is 29.5 Å². The van der Waals surface area contributed by atoms with Crippen LogP contribution in [-0.2, 0) is 26.2 Å². The second-order valence-corrected chi connectivity index (χ2v) is 10.7. The number of nitrogens with zero attached hydrogens (tertiary/aromatic N) is 3. The molecule has 0 heterocycles. The van der Waals surface area contributed by atoms with Gasteiger partial charge in [0.15, 0.2) is 0 Å². The molecule has 0 saturated heterocycles. The highest BCUT2D eigenvalue weighted by atomic mass is 32.2. The highest BCUT2D eigenvalue weighted by Gasteiger charge is 2.33. The SMILES string of the molecule is CCCCNC(=O)[C@@H](CC)N(Cc1cccc(OC)c1)C(=O)CN(c1cc([N+](=O)[O-])ccc1OC)S(C)(=O)=O. The van der Waals surface area contributed by atoms with Crippen LogP contribution >= 0.6 is 0 Å². The number of rotatable bonds is 15. The van der Waals surface area contributed by atoms with Crippen LogP contribution in [0.2, 0.25) is 0 Å². The zero-order valence-corrected chi connectivity index (χ0v) is 23.7. The molecule has 0 aliphatic rings. The highest BCUT2D eigenvalue weighted by Crippen LogP contribution is 2.34. The Kier molecular flexibility index (Phi) is 11.5. The number of anilines is 1. The fraction of sp³-hybridized carbons (Fsp3) is 0.462. The first-order valence-corrected chi connectivity index (χ1v) is 14.3. The Morgan fingerprint density at radius 2 is 1.82 bits per heavy atom. The Balaban J connectivity index is 2.54. The molecule has 2 aromatic carbocycles. The number of non-ortho nitro benzene ring substituents is 1. The van der Waals surface area contributed by atoms with E-state index in [9.17, 15) is 28.1 Å². The summed E-state index contributed by atoms with van der Waals surface area (Å²) in [4.78, 5) is 39.0. The number of nitro groups is 1. The number of amides is 2. The lowest BCUT2D eigenvalue weighted by Crippen LogP contribution is -2.52. The van der Waals surface area contributed by atoms with E-state index in [0.29, 0.717) is 17.9 Å². The number of ether oxygens (including phenoxy) is 2. The van der Waals surface area contributed by atoms with Crippen molar-refractivity contribution in [1.82, 2.24) is 10.2 Å². The van der Waals surface area contributed by atoms with E-state index in [-0.39, 0.29) is 36.0 Å². The minimum absolute atomic E-state index is 0.000583. The molecule has 214 valence electrons. The number of carbonyl (C=O) groups excluding carboxylic acids is 2. The number of sulfonamides is 1. The molecule has 39 heavy (non-hydrogen) atoms. The normalized spacial score (nSPS) is 11.8. The Bertz CT molecular complexity index is 1270. The smallest absolute Gasteiger partial charge is 0.271 e. The molecule has 0 fully saturated rings. The number of hydrogen-bond acceptors (Lipinski definition) is 8. The monoisotopic (exact) mass is 564 g/mol. The number of carbonyl (C=O) groups is 2. The molecule has 13 heteroatoms. The van der Waals surface area contributed by atoms with E-state index in [2.05, 4.69) is 5.32 Å². The van der Waals surface area contributed by atoms with Gasteiger partial charge in [-0.3, -0.25) is 24.0 Å². The molecule has 0 spiro atoms. The predicted octanol–water partition coefficient (Wildman–Crippen LogP) is 3.10. The number of methoxy groups -OCH3 is 2. The number of nitrogens with one attached hydrogen (secondary N) is 1. The average molecular weight is 565 g/mol. The van der Waals surface area contributed by atoms with E-state index >= 15 is 0 Å². The second kappa shape index (κ2) is 14.3. The summed E-state index contributed by atoms with van der Waals surface area (Å²) in [6.07, 6.45) is 2.80. The first kappa shape index (κ1) is 31.3. The third-order valence-electron chi connectivity index (χ3n) is 6.02. The summed E-state index contributed by atoms with van der Waals surface area (Å²) in [5, 5.41) is 14.2. The molecule has 2 amide bonds. The first-order valence-electron chi connectivity index (χ1n) is 12.5. The number of unbranched alkanes of at least 4 members (excludes halogenated alkanes) is 1. The maximum Gasteiger partial charge on any atom is 0.271 e. The summed E-state index contributed by atoms with van der Waals surface area (Å²) < 4.78 is 37.0. The van der Waals surface area contributed by atoms with Gasteiger partial charge in [0, 0.05) is 25.2 Å². The zero-order chi connectivity index (χ0) is 29.2. The van der Waals surface area contributed by atoms with Crippen molar-refractivity contribution in [3.8, 4) is 11.5 Å². The molecular weight excluding hydrogens is 528 g/mol. The van der Waals surface area contributed by atoms with Crippen molar-refractivity contribution in [2.45, 2.75) is 45.7 Å². The summed E-state index contributed by atoms with van der Waals surface area (Å²) in [5.41, 5.74) is 0.132. The molecule has 0 aliphatic heterocycles. The van der Waals surface area contributed by atoms with Crippen LogP contribution in [0.1, 0.15) is 38.7 Å². The number of benzene rings is 2. The lowest BCUT2D eigenvalue weighted by molar-refractivity contribution is -0.384.